The van der Waals surface area contributed by atoms with E-state index in [-0.39, 0.29) is 30.2 Å². The minimum Gasteiger partial charge on any atom is -1.00 e. The molecule has 4 heteroatoms. The molecule has 27 heavy (non-hydrogen) atoms. The van der Waals surface area contributed by atoms with Gasteiger partial charge in [0.2, 0.25) is 0 Å². The van der Waals surface area contributed by atoms with Crippen LogP contribution < -0.4 is 24.8 Å². The Bertz CT molecular complexity index is 851. The Balaban J connectivity index is 0.000000558. The van der Waals surface area contributed by atoms with Crippen LogP contribution in [0.5, 0.6) is 0 Å². The van der Waals surface area contributed by atoms with Crippen molar-refractivity contribution in [2.24, 2.45) is 5.92 Å². The summed E-state index contributed by atoms with van der Waals surface area (Å²) in [5.41, 5.74) is 7.35. The Hall–Kier alpha value is -0.400. The first-order valence-corrected chi connectivity index (χ1v) is 15.2. The van der Waals surface area contributed by atoms with Crippen LogP contribution in [0, 0.1) is 12.0 Å². The molecular formula is C23H25Cl2SiZr-. The summed E-state index contributed by atoms with van der Waals surface area (Å²) < 4.78 is 0. The SMILES string of the molecule is CC(C)C1=Cc2ccccc2C1C1[C-]=Cc2ccccc21.C[Si](C)=[Zr+2].[Cl-].[Cl-]. The van der Waals surface area contributed by atoms with Gasteiger partial charge in [-0.25, -0.2) is 6.08 Å². The fraction of sp³-hybridized carbons (Fsp3) is 0.304. The summed E-state index contributed by atoms with van der Waals surface area (Å²) in [6.07, 6.45) is 8.19. The van der Waals surface area contributed by atoms with Crippen LogP contribution in [-0.4, -0.2) is 5.43 Å². The van der Waals surface area contributed by atoms with E-state index in [1.165, 1.54) is 22.3 Å². The van der Waals surface area contributed by atoms with Crippen LogP contribution in [0.3, 0.4) is 0 Å². The van der Waals surface area contributed by atoms with E-state index >= 15 is 0 Å². The second-order valence-electron chi connectivity index (χ2n) is 7.32. The Labute approximate surface area is 191 Å². The van der Waals surface area contributed by atoms with Crippen molar-refractivity contribution in [2.45, 2.75) is 38.8 Å². The summed E-state index contributed by atoms with van der Waals surface area (Å²) in [6, 6.07) is 17.5. The van der Waals surface area contributed by atoms with E-state index in [9.17, 15) is 0 Å². The summed E-state index contributed by atoms with van der Waals surface area (Å²) in [5.74, 6) is 1.37. The molecule has 0 N–H and O–H groups in total. The van der Waals surface area contributed by atoms with E-state index in [4.69, 9.17) is 0 Å². The molecule has 0 saturated heterocycles. The number of fused-ring (bicyclic) bond motifs is 2. The normalized spacial score (nSPS) is 18.4. The number of hydrogen-bond acceptors (Lipinski definition) is 0. The molecular weight excluding hydrogens is 466 g/mol. The van der Waals surface area contributed by atoms with Crippen molar-refractivity contribution in [3.8, 4) is 0 Å². The molecule has 0 amide bonds. The number of rotatable bonds is 2. The molecule has 0 fully saturated rings. The summed E-state index contributed by atoms with van der Waals surface area (Å²) in [5, 5.41) is 0. The average Bonchev–Trinajstić information content (AvgIpc) is 3.15. The zero-order chi connectivity index (χ0) is 18.0. The predicted molar refractivity (Wildman–Crippen MR) is 106 cm³/mol. The van der Waals surface area contributed by atoms with Gasteiger partial charge < -0.3 is 24.8 Å². The zero-order valence-corrected chi connectivity index (χ0v) is 21.2. The van der Waals surface area contributed by atoms with Crippen molar-refractivity contribution in [1.29, 1.82) is 0 Å². The van der Waals surface area contributed by atoms with Crippen molar-refractivity contribution in [1.82, 2.24) is 0 Å². The fourth-order valence-electron chi connectivity index (χ4n) is 3.74. The van der Waals surface area contributed by atoms with Gasteiger partial charge in [0.05, 0.1) is 0 Å². The van der Waals surface area contributed by atoms with Crippen molar-refractivity contribution >= 4 is 17.6 Å². The second kappa shape index (κ2) is 11.0. The Morgan fingerprint density at radius 3 is 2.00 bits per heavy atom. The van der Waals surface area contributed by atoms with Gasteiger partial charge in [-0.3, -0.25) is 6.08 Å². The van der Waals surface area contributed by atoms with Crippen LogP contribution in [0.15, 0.2) is 54.1 Å². The maximum absolute atomic E-state index is 3.62. The van der Waals surface area contributed by atoms with Gasteiger partial charge in [-0.2, -0.15) is 5.56 Å². The smallest absolute Gasteiger partial charge is 1.00 e. The Kier molecular flexibility index (Phi) is 10.00. The van der Waals surface area contributed by atoms with Crippen LogP contribution in [0.25, 0.3) is 12.2 Å². The Morgan fingerprint density at radius 2 is 1.41 bits per heavy atom. The first kappa shape index (κ1) is 24.6. The molecule has 2 atom stereocenters. The fourth-order valence-corrected chi connectivity index (χ4v) is 3.74. The molecule has 0 saturated carbocycles. The first-order chi connectivity index (χ1) is 12.0. The van der Waals surface area contributed by atoms with E-state index in [1.807, 2.05) is 0 Å². The standard InChI is InChI=1S/C21H19.C2H6Si.2ClH.Zr/c1-14(2)20-13-16-8-4-6-10-18(16)21(20)19-12-11-15-7-3-5-9-17(15)19;1-3-2;;;/h3-11,13-14,19,21H,1-2H3;1-2H3;2*1H;/q-1;;;;+2/p-2. The van der Waals surface area contributed by atoms with E-state index < -0.39 is 0 Å². The number of halogens is 2. The molecule has 0 nitrogen and oxygen atoms in total. The van der Waals surface area contributed by atoms with Crippen LogP contribution >= 0.6 is 0 Å². The molecule has 2 aromatic carbocycles. The molecule has 140 valence electrons. The third-order valence-corrected chi connectivity index (χ3v) is 4.76. The average molecular weight is 492 g/mol. The molecule has 4 rings (SSSR count). The molecule has 0 spiro atoms. The molecule has 0 heterocycles. The third kappa shape index (κ3) is 5.57. The van der Waals surface area contributed by atoms with Crippen molar-refractivity contribution in [3.63, 3.8) is 0 Å². The molecule has 2 aromatic rings. The maximum Gasteiger partial charge on any atom is -1.00 e. The molecule has 0 aromatic heterocycles. The van der Waals surface area contributed by atoms with Crippen molar-refractivity contribution in [2.75, 3.05) is 0 Å². The second-order valence-corrected chi connectivity index (χ2v) is 16.7. The minimum absolute atomic E-state index is 0. The summed E-state index contributed by atoms with van der Waals surface area (Å²) in [7, 11) is 0. The third-order valence-electron chi connectivity index (χ3n) is 4.76. The van der Waals surface area contributed by atoms with E-state index in [0.29, 0.717) is 17.8 Å². The van der Waals surface area contributed by atoms with Gasteiger partial charge in [-0.1, -0.05) is 73.9 Å². The minimum atomic E-state index is 0. The summed E-state index contributed by atoms with van der Waals surface area (Å²) in [4.78, 5) is 0. The van der Waals surface area contributed by atoms with Crippen molar-refractivity contribution < 1.29 is 48.1 Å². The Morgan fingerprint density at radius 1 is 0.889 bits per heavy atom. The van der Waals surface area contributed by atoms with E-state index in [0.717, 1.165) is 0 Å². The summed E-state index contributed by atoms with van der Waals surface area (Å²) in [6.45, 7) is 9.22. The van der Waals surface area contributed by atoms with Gasteiger partial charge >= 0.3 is 41.9 Å². The van der Waals surface area contributed by atoms with E-state index in [2.05, 4.69) is 93.7 Å². The molecule has 0 bridgehead atoms. The van der Waals surface area contributed by atoms with Crippen LogP contribution in [0.4, 0.5) is 0 Å². The molecule has 0 radical (unpaired) electrons. The predicted octanol–water partition coefficient (Wildman–Crippen LogP) is 0.229. The summed E-state index contributed by atoms with van der Waals surface area (Å²) >= 11 is 1.74. The molecule has 2 unspecified atom stereocenters. The largest absolute Gasteiger partial charge is 1.00 e. The van der Waals surface area contributed by atoms with Gasteiger partial charge in [-0.05, 0) is 23.0 Å². The van der Waals surface area contributed by atoms with Crippen LogP contribution in [-0.2, 0) is 23.3 Å². The van der Waals surface area contributed by atoms with Gasteiger partial charge in [0, 0.05) is 0 Å². The van der Waals surface area contributed by atoms with Crippen molar-refractivity contribution in [3.05, 3.63) is 82.4 Å². The van der Waals surface area contributed by atoms with Gasteiger partial charge in [0.1, 0.15) is 0 Å². The molecule has 2 aliphatic carbocycles. The van der Waals surface area contributed by atoms with Gasteiger partial charge in [0.25, 0.3) is 0 Å². The van der Waals surface area contributed by atoms with Gasteiger partial charge in [0.15, 0.2) is 0 Å². The quantitative estimate of drug-likeness (QED) is 0.417. The van der Waals surface area contributed by atoms with Crippen LogP contribution in [0.1, 0.15) is 47.9 Å². The van der Waals surface area contributed by atoms with E-state index in [1.54, 1.807) is 28.9 Å². The van der Waals surface area contributed by atoms with Gasteiger partial charge in [-0.15, -0.1) is 11.6 Å². The zero-order valence-electron chi connectivity index (χ0n) is 16.3. The topological polar surface area (TPSA) is 0 Å². The molecule has 2 aliphatic rings. The molecule has 0 aliphatic heterocycles. The number of benzene rings is 2. The number of hydrogen-bond donors (Lipinski definition) is 0. The maximum atomic E-state index is 3.62. The monoisotopic (exact) mass is 489 g/mol. The van der Waals surface area contributed by atoms with Crippen LogP contribution in [0.2, 0.25) is 13.1 Å². The number of allylic oxidation sites excluding steroid dienone is 2. The first-order valence-electron chi connectivity index (χ1n) is 8.99.